The normalized spacial score (nSPS) is 17.9. The van der Waals surface area contributed by atoms with Crippen LogP contribution in [0.3, 0.4) is 0 Å². The van der Waals surface area contributed by atoms with Gasteiger partial charge in [-0.05, 0) is 30.0 Å². The second-order valence-corrected chi connectivity index (χ2v) is 5.85. The van der Waals surface area contributed by atoms with E-state index in [1.165, 1.54) is 11.3 Å². The van der Waals surface area contributed by atoms with Crippen LogP contribution in [0.2, 0.25) is 4.34 Å². The van der Waals surface area contributed by atoms with Gasteiger partial charge in [0.05, 0.1) is 15.8 Å². The molecule has 0 radical (unpaired) electrons. The Morgan fingerprint density at radius 1 is 1.47 bits per heavy atom. The predicted molar refractivity (Wildman–Crippen MR) is 70.8 cm³/mol. The monoisotopic (exact) mass is 283 g/mol. The van der Waals surface area contributed by atoms with Crippen LogP contribution in [-0.4, -0.2) is 22.6 Å². The van der Waals surface area contributed by atoms with E-state index in [1.807, 2.05) is 0 Å². The zero-order chi connectivity index (χ0) is 12.4. The van der Waals surface area contributed by atoms with Crippen LogP contribution in [0.5, 0.6) is 0 Å². The molecule has 0 atom stereocenters. The second kappa shape index (κ2) is 4.96. The number of carbonyl (C=O) groups is 2. The molecule has 1 aliphatic heterocycles. The van der Waals surface area contributed by atoms with Crippen LogP contribution in [0.25, 0.3) is 6.08 Å². The van der Waals surface area contributed by atoms with E-state index in [9.17, 15) is 9.59 Å². The molecule has 1 aliphatic rings. The first-order valence-corrected chi connectivity index (χ1v) is 6.57. The van der Waals surface area contributed by atoms with Gasteiger partial charge >= 0.3 is 0 Å². The number of carbonyl (C=O) groups excluding carboxylic acids is 2. The molecule has 3 nitrogen and oxygen atoms in total. The summed E-state index contributed by atoms with van der Waals surface area (Å²) in [5, 5.41) is -0.332. The Labute approximate surface area is 111 Å². The van der Waals surface area contributed by atoms with Gasteiger partial charge in [-0.2, -0.15) is 0 Å². The molecule has 0 saturated carbocycles. The predicted octanol–water partition coefficient (Wildman–Crippen LogP) is 3.07. The molecule has 0 N–H and O–H groups in total. The average Bonchev–Trinajstić information content (AvgIpc) is 2.79. The maximum atomic E-state index is 11.8. The number of hydrogen-bond acceptors (Lipinski definition) is 4. The molecular formula is C11H6ClNO2S2. The number of thiophene rings is 1. The Hall–Kier alpha value is -1.22. The highest BCUT2D eigenvalue weighted by atomic mass is 35.5. The molecule has 6 heteroatoms. The molecule has 1 saturated heterocycles. The van der Waals surface area contributed by atoms with Gasteiger partial charge in [-0.1, -0.05) is 17.5 Å². The van der Waals surface area contributed by atoms with Crippen LogP contribution in [0.1, 0.15) is 4.88 Å². The molecule has 2 rings (SSSR count). The fraction of sp³-hybridized carbons (Fsp3) is 0.0909. The first-order chi connectivity index (χ1) is 8.11. The van der Waals surface area contributed by atoms with Gasteiger partial charge in [-0.3, -0.25) is 14.5 Å². The van der Waals surface area contributed by atoms with Crippen molar-refractivity contribution in [3.05, 3.63) is 26.3 Å². The summed E-state index contributed by atoms with van der Waals surface area (Å²) in [6.07, 6.45) is 6.74. The van der Waals surface area contributed by atoms with Gasteiger partial charge < -0.3 is 0 Å². The van der Waals surface area contributed by atoms with E-state index >= 15 is 0 Å². The molecule has 1 aromatic rings. The number of terminal acetylenes is 1. The Bertz CT molecular complexity index is 556. The van der Waals surface area contributed by atoms with E-state index in [4.69, 9.17) is 18.0 Å². The highest BCUT2D eigenvalue weighted by Crippen LogP contribution is 2.33. The number of hydrogen-bond donors (Lipinski definition) is 0. The number of nitrogens with zero attached hydrogens (tertiary/aromatic N) is 1. The zero-order valence-electron chi connectivity index (χ0n) is 8.47. The molecular weight excluding hydrogens is 278 g/mol. The van der Waals surface area contributed by atoms with Crippen LogP contribution in [0.15, 0.2) is 17.0 Å². The maximum Gasteiger partial charge on any atom is 0.294 e. The SMILES string of the molecule is C#CCN1C(=O)S/C(=C/c2ccc(Cl)s2)C1=O. The van der Waals surface area contributed by atoms with Crippen LogP contribution in [0.4, 0.5) is 4.79 Å². The van der Waals surface area contributed by atoms with Gasteiger partial charge in [0, 0.05) is 4.88 Å². The highest BCUT2D eigenvalue weighted by Gasteiger charge is 2.34. The Kier molecular flexibility index (Phi) is 3.57. The number of imide groups is 1. The lowest BCUT2D eigenvalue weighted by atomic mass is 10.4. The lowest BCUT2D eigenvalue weighted by Crippen LogP contribution is -2.28. The fourth-order valence-corrected chi connectivity index (χ4v) is 3.17. The lowest BCUT2D eigenvalue weighted by Gasteiger charge is -2.06. The number of halogens is 1. The molecule has 86 valence electrons. The highest BCUT2D eigenvalue weighted by molar-refractivity contribution is 8.18. The number of rotatable bonds is 2. The topological polar surface area (TPSA) is 37.4 Å². The third-order valence-corrected chi connectivity index (χ3v) is 4.08. The van der Waals surface area contributed by atoms with Crippen LogP contribution >= 0.6 is 34.7 Å². The van der Waals surface area contributed by atoms with E-state index in [0.717, 1.165) is 21.5 Å². The van der Waals surface area contributed by atoms with Gasteiger partial charge in [-0.25, -0.2) is 0 Å². The first kappa shape index (κ1) is 12.2. The van der Waals surface area contributed by atoms with Crippen LogP contribution in [-0.2, 0) is 4.79 Å². The summed E-state index contributed by atoms with van der Waals surface area (Å²) in [5.74, 6) is 1.94. The Morgan fingerprint density at radius 2 is 2.24 bits per heavy atom. The van der Waals surface area contributed by atoms with Crippen molar-refractivity contribution in [2.45, 2.75) is 0 Å². The summed E-state index contributed by atoms with van der Waals surface area (Å²) in [6.45, 7) is 0.00715. The summed E-state index contributed by atoms with van der Waals surface area (Å²) >= 11 is 8.02. The van der Waals surface area contributed by atoms with E-state index < -0.39 is 0 Å². The van der Waals surface area contributed by atoms with Crippen LogP contribution < -0.4 is 0 Å². The van der Waals surface area contributed by atoms with E-state index in [-0.39, 0.29) is 17.7 Å². The lowest BCUT2D eigenvalue weighted by molar-refractivity contribution is -0.122. The summed E-state index contributed by atoms with van der Waals surface area (Å²) < 4.78 is 0.638. The second-order valence-electron chi connectivity index (χ2n) is 3.11. The minimum atomic E-state index is -0.345. The van der Waals surface area contributed by atoms with Gasteiger partial charge in [0.1, 0.15) is 0 Å². The van der Waals surface area contributed by atoms with Gasteiger partial charge in [0.2, 0.25) is 0 Å². The fourth-order valence-electron chi connectivity index (χ4n) is 1.26. The quantitative estimate of drug-likeness (QED) is 0.618. The molecule has 0 spiro atoms. The van der Waals surface area contributed by atoms with Crippen molar-refractivity contribution in [3.8, 4) is 12.3 Å². The summed E-state index contributed by atoms with van der Waals surface area (Å²) in [4.78, 5) is 25.6. The molecule has 1 fully saturated rings. The molecule has 0 bridgehead atoms. The van der Waals surface area contributed by atoms with Gasteiger partial charge in [0.25, 0.3) is 11.1 Å². The van der Waals surface area contributed by atoms with E-state index in [2.05, 4.69) is 5.92 Å². The number of thioether (sulfide) groups is 1. The van der Waals surface area contributed by atoms with Gasteiger partial charge in [-0.15, -0.1) is 17.8 Å². The van der Waals surface area contributed by atoms with E-state index in [1.54, 1.807) is 18.2 Å². The van der Waals surface area contributed by atoms with Gasteiger partial charge in [0.15, 0.2) is 0 Å². The Morgan fingerprint density at radius 3 is 2.82 bits per heavy atom. The molecule has 1 aromatic heterocycles. The van der Waals surface area contributed by atoms with Crippen LogP contribution in [0, 0.1) is 12.3 Å². The smallest absolute Gasteiger partial charge is 0.268 e. The molecule has 2 heterocycles. The van der Waals surface area contributed by atoms with Crippen molar-refractivity contribution in [2.75, 3.05) is 6.54 Å². The third-order valence-electron chi connectivity index (χ3n) is 1.99. The Balaban J connectivity index is 2.25. The summed E-state index contributed by atoms with van der Waals surface area (Å²) in [5.41, 5.74) is 0. The standard InChI is InChI=1S/C11H6ClNO2S2/c1-2-5-13-10(14)8(17-11(13)15)6-7-3-4-9(12)16-7/h1,3-4,6H,5H2/b8-6+. The van der Waals surface area contributed by atoms with Crippen molar-refractivity contribution < 1.29 is 9.59 Å². The largest absolute Gasteiger partial charge is 0.294 e. The minimum absolute atomic E-state index is 0.00715. The number of amides is 2. The van der Waals surface area contributed by atoms with Crippen molar-refractivity contribution in [2.24, 2.45) is 0 Å². The first-order valence-electron chi connectivity index (χ1n) is 4.56. The summed E-state index contributed by atoms with van der Waals surface area (Å²) in [7, 11) is 0. The molecule has 2 amide bonds. The molecule has 0 unspecified atom stereocenters. The van der Waals surface area contributed by atoms with Crippen molar-refractivity contribution in [3.63, 3.8) is 0 Å². The van der Waals surface area contributed by atoms with E-state index in [0.29, 0.717) is 9.24 Å². The minimum Gasteiger partial charge on any atom is -0.268 e. The molecule has 0 aromatic carbocycles. The molecule has 0 aliphatic carbocycles. The van der Waals surface area contributed by atoms with Crippen molar-refractivity contribution in [1.82, 2.24) is 4.90 Å². The zero-order valence-corrected chi connectivity index (χ0v) is 10.9. The summed E-state index contributed by atoms with van der Waals surface area (Å²) in [6, 6.07) is 3.53. The molecule has 17 heavy (non-hydrogen) atoms. The van der Waals surface area contributed by atoms with Crippen molar-refractivity contribution >= 4 is 51.9 Å². The van der Waals surface area contributed by atoms with Crippen molar-refractivity contribution in [1.29, 1.82) is 0 Å². The maximum absolute atomic E-state index is 11.8. The average molecular weight is 284 g/mol. The third kappa shape index (κ3) is 2.55.